The maximum Gasteiger partial charge on any atom is 0.414 e. The van der Waals surface area contributed by atoms with Crippen LogP contribution < -0.4 is 15.4 Å². The zero-order chi connectivity index (χ0) is 24.0. The monoisotopic (exact) mass is 455 g/mol. The first-order chi connectivity index (χ1) is 15.7. The highest BCUT2D eigenvalue weighted by atomic mass is 16.6. The van der Waals surface area contributed by atoms with Crippen molar-refractivity contribution in [3.05, 3.63) is 65.7 Å². The van der Waals surface area contributed by atoms with Gasteiger partial charge in [0.2, 0.25) is 6.10 Å². The molecule has 0 bridgehead atoms. The van der Waals surface area contributed by atoms with Crippen molar-refractivity contribution in [3.8, 4) is 5.75 Å². The summed E-state index contributed by atoms with van der Waals surface area (Å²) in [5, 5.41) is 14.7. The summed E-state index contributed by atoms with van der Waals surface area (Å²) in [4.78, 5) is 49.2. The number of aliphatic carboxylic acids is 1. The molecule has 1 fully saturated rings. The Balaban J connectivity index is 1.64. The summed E-state index contributed by atoms with van der Waals surface area (Å²) in [7, 11) is 3.11. The predicted molar refractivity (Wildman–Crippen MR) is 117 cm³/mol. The molecule has 0 spiro atoms. The molecule has 2 aromatic carbocycles. The summed E-state index contributed by atoms with van der Waals surface area (Å²) in [5.74, 6) is -1.62. The van der Waals surface area contributed by atoms with E-state index in [-0.39, 0.29) is 6.42 Å². The highest BCUT2D eigenvalue weighted by molar-refractivity contribution is 5.90. The molecule has 10 heteroatoms. The van der Waals surface area contributed by atoms with Crippen molar-refractivity contribution in [1.82, 2.24) is 15.5 Å². The summed E-state index contributed by atoms with van der Waals surface area (Å²) >= 11 is 0. The van der Waals surface area contributed by atoms with Gasteiger partial charge in [-0.15, -0.1) is 0 Å². The van der Waals surface area contributed by atoms with Crippen LogP contribution in [-0.4, -0.2) is 66.4 Å². The van der Waals surface area contributed by atoms with Crippen molar-refractivity contribution in [1.29, 1.82) is 0 Å². The third-order valence-corrected chi connectivity index (χ3v) is 5.01. The standard InChI is InChI=1S/C23H25N3O7/c1-26(2)23(31)32-16-10-8-15(9-11-16)13-18(21(28)29)24-20(27)19-17(25-22(30)33-19)12-14-6-4-3-5-7-14/h3-11,17-19H,12-13H2,1-2H3,(H,24,27)(H,25,30)(H,28,29)/t17-,18+,19+/m1/s1. The molecule has 174 valence electrons. The van der Waals surface area contributed by atoms with E-state index in [0.717, 1.165) is 5.56 Å². The average molecular weight is 455 g/mol. The van der Waals surface area contributed by atoms with Crippen molar-refractivity contribution in [3.63, 3.8) is 0 Å². The van der Waals surface area contributed by atoms with Crippen molar-refractivity contribution in [2.45, 2.75) is 31.0 Å². The fraction of sp³-hybridized carbons (Fsp3) is 0.304. The van der Waals surface area contributed by atoms with Crippen molar-refractivity contribution in [2.75, 3.05) is 14.1 Å². The number of carboxylic acids is 1. The van der Waals surface area contributed by atoms with Crippen molar-refractivity contribution in [2.24, 2.45) is 0 Å². The van der Waals surface area contributed by atoms with E-state index in [1.54, 1.807) is 26.2 Å². The number of amides is 3. The first-order valence-electron chi connectivity index (χ1n) is 10.2. The van der Waals surface area contributed by atoms with E-state index < -0.39 is 42.3 Å². The Morgan fingerprint density at radius 2 is 1.76 bits per heavy atom. The fourth-order valence-corrected chi connectivity index (χ4v) is 3.30. The highest BCUT2D eigenvalue weighted by Gasteiger charge is 2.40. The molecule has 0 aliphatic carbocycles. The molecule has 1 aliphatic heterocycles. The zero-order valence-corrected chi connectivity index (χ0v) is 18.2. The molecule has 3 amide bonds. The van der Waals surface area contributed by atoms with Gasteiger partial charge in [0, 0.05) is 20.5 Å². The topological polar surface area (TPSA) is 134 Å². The summed E-state index contributed by atoms with van der Waals surface area (Å²) in [5.41, 5.74) is 1.51. The minimum absolute atomic E-state index is 0.0135. The van der Waals surface area contributed by atoms with Gasteiger partial charge in [-0.3, -0.25) is 4.79 Å². The van der Waals surface area contributed by atoms with Gasteiger partial charge in [-0.25, -0.2) is 14.4 Å². The number of hydrogen-bond donors (Lipinski definition) is 3. The molecule has 3 rings (SSSR count). The van der Waals surface area contributed by atoms with Crippen LogP contribution in [0.4, 0.5) is 9.59 Å². The number of benzene rings is 2. The van der Waals surface area contributed by atoms with Gasteiger partial charge in [0.15, 0.2) is 0 Å². The number of ether oxygens (including phenoxy) is 2. The number of alkyl carbamates (subject to hydrolysis) is 1. The lowest BCUT2D eigenvalue weighted by atomic mass is 10.0. The Morgan fingerprint density at radius 3 is 2.36 bits per heavy atom. The van der Waals surface area contributed by atoms with Crippen LogP contribution >= 0.6 is 0 Å². The number of hydrogen-bond acceptors (Lipinski definition) is 6. The molecule has 10 nitrogen and oxygen atoms in total. The quantitative estimate of drug-likeness (QED) is 0.550. The first kappa shape index (κ1) is 23.6. The van der Waals surface area contributed by atoms with Gasteiger partial charge in [0.05, 0.1) is 6.04 Å². The number of cyclic esters (lactones) is 1. The second kappa shape index (κ2) is 10.5. The molecule has 3 atom stereocenters. The third-order valence-electron chi connectivity index (χ3n) is 5.01. The average Bonchev–Trinajstić information content (AvgIpc) is 3.15. The highest BCUT2D eigenvalue weighted by Crippen LogP contribution is 2.17. The molecule has 1 aliphatic rings. The number of nitrogens with one attached hydrogen (secondary N) is 2. The van der Waals surface area contributed by atoms with Gasteiger partial charge >= 0.3 is 18.2 Å². The van der Waals surface area contributed by atoms with Crippen LogP contribution in [0.2, 0.25) is 0 Å². The molecular weight excluding hydrogens is 430 g/mol. The molecule has 33 heavy (non-hydrogen) atoms. The summed E-state index contributed by atoms with van der Waals surface area (Å²) in [6, 6.07) is 13.7. The normalized spacial score (nSPS) is 17.9. The molecule has 3 N–H and O–H groups in total. The number of rotatable bonds is 8. The van der Waals surface area contributed by atoms with Crippen molar-refractivity contribution < 1.29 is 33.8 Å². The van der Waals surface area contributed by atoms with Gasteiger partial charge in [0.25, 0.3) is 5.91 Å². The van der Waals surface area contributed by atoms with E-state index in [0.29, 0.717) is 17.7 Å². The van der Waals surface area contributed by atoms with E-state index in [1.807, 2.05) is 30.3 Å². The Hall–Kier alpha value is -4.08. The maximum atomic E-state index is 12.8. The number of carboxylic acid groups (broad SMARTS) is 1. The Kier molecular flexibility index (Phi) is 7.50. The van der Waals surface area contributed by atoms with Crippen LogP contribution in [0.25, 0.3) is 0 Å². The molecule has 1 heterocycles. The van der Waals surface area contributed by atoms with Crippen LogP contribution in [0.3, 0.4) is 0 Å². The molecule has 0 saturated carbocycles. The van der Waals surface area contributed by atoms with E-state index in [4.69, 9.17) is 9.47 Å². The van der Waals surface area contributed by atoms with E-state index in [9.17, 15) is 24.3 Å². The Labute approximate surface area is 190 Å². The SMILES string of the molecule is CN(C)C(=O)Oc1ccc(C[C@H](NC(=O)[C@H]2OC(=O)N[C@@H]2Cc2ccccc2)C(=O)O)cc1. The molecular formula is C23H25N3O7. The van der Waals surface area contributed by atoms with Gasteiger partial charge in [-0.2, -0.15) is 0 Å². The van der Waals surface area contributed by atoms with Crippen LogP contribution in [0, 0.1) is 0 Å². The largest absolute Gasteiger partial charge is 0.480 e. The Morgan fingerprint density at radius 1 is 1.09 bits per heavy atom. The molecule has 2 aromatic rings. The lowest BCUT2D eigenvalue weighted by Gasteiger charge is -2.20. The smallest absolute Gasteiger partial charge is 0.414 e. The zero-order valence-electron chi connectivity index (χ0n) is 18.2. The summed E-state index contributed by atoms with van der Waals surface area (Å²) in [6.45, 7) is 0. The fourth-order valence-electron chi connectivity index (χ4n) is 3.30. The minimum atomic E-state index is -1.25. The van der Waals surface area contributed by atoms with Crippen molar-refractivity contribution >= 4 is 24.1 Å². The number of carbonyl (C=O) groups excluding carboxylic acids is 3. The summed E-state index contributed by atoms with van der Waals surface area (Å²) < 4.78 is 10.2. The number of carbonyl (C=O) groups is 4. The number of nitrogens with zero attached hydrogens (tertiary/aromatic N) is 1. The molecule has 0 radical (unpaired) electrons. The predicted octanol–water partition coefficient (Wildman–Crippen LogP) is 1.58. The van der Waals surface area contributed by atoms with Crippen LogP contribution in [-0.2, 0) is 27.2 Å². The second-order valence-corrected chi connectivity index (χ2v) is 7.78. The van der Waals surface area contributed by atoms with Gasteiger partial charge < -0.3 is 30.1 Å². The lowest BCUT2D eigenvalue weighted by molar-refractivity contribution is -0.143. The van der Waals surface area contributed by atoms with Gasteiger partial charge in [-0.1, -0.05) is 42.5 Å². The lowest BCUT2D eigenvalue weighted by Crippen LogP contribution is -2.50. The van der Waals surface area contributed by atoms with E-state index >= 15 is 0 Å². The minimum Gasteiger partial charge on any atom is -0.480 e. The first-order valence-corrected chi connectivity index (χ1v) is 10.2. The summed E-state index contributed by atoms with van der Waals surface area (Å²) in [6.07, 6.45) is -2.09. The molecule has 1 saturated heterocycles. The van der Waals surface area contributed by atoms with E-state index in [1.165, 1.54) is 17.0 Å². The van der Waals surface area contributed by atoms with E-state index in [2.05, 4.69) is 10.6 Å². The molecule has 0 unspecified atom stereocenters. The van der Waals surface area contributed by atoms with Crippen LogP contribution in [0.5, 0.6) is 5.75 Å². The van der Waals surface area contributed by atoms with Gasteiger partial charge in [-0.05, 0) is 29.7 Å². The third kappa shape index (κ3) is 6.45. The van der Waals surface area contributed by atoms with Crippen LogP contribution in [0.1, 0.15) is 11.1 Å². The molecule has 0 aromatic heterocycles. The second-order valence-electron chi connectivity index (χ2n) is 7.78. The van der Waals surface area contributed by atoms with Gasteiger partial charge in [0.1, 0.15) is 11.8 Å². The maximum absolute atomic E-state index is 12.8. The Bertz CT molecular complexity index is 1010. The van der Waals surface area contributed by atoms with Crippen LogP contribution in [0.15, 0.2) is 54.6 Å².